The van der Waals surface area contributed by atoms with Crippen LogP contribution in [0.15, 0.2) is 51.6 Å². The topological polar surface area (TPSA) is 81.6 Å². The van der Waals surface area contributed by atoms with Crippen LogP contribution in [0.1, 0.15) is 44.8 Å². The largest absolute Gasteiger partial charge is 0.497 e. The fraction of sp³-hybridized carbons (Fsp3) is 0.458. The molecule has 2 aromatic heterocycles. The number of nitrogens with zero attached hydrogens (tertiary/aromatic N) is 3. The lowest BCUT2D eigenvalue weighted by Crippen LogP contribution is -2.47. The number of benzene rings is 1. The van der Waals surface area contributed by atoms with Gasteiger partial charge in [0.1, 0.15) is 17.9 Å². The number of methoxy groups -OCH3 is 1. The molecule has 0 bridgehead atoms. The van der Waals surface area contributed by atoms with E-state index in [1.54, 1.807) is 13.4 Å². The molecule has 4 rings (SSSR count). The van der Waals surface area contributed by atoms with E-state index in [0.29, 0.717) is 30.1 Å². The van der Waals surface area contributed by atoms with Gasteiger partial charge in [0.05, 0.1) is 19.9 Å². The van der Waals surface area contributed by atoms with Crippen LogP contribution in [0.3, 0.4) is 0 Å². The number of ether oxygens (including phenoxy) is 1. The third-order valence-corrected chi connectivity index (χ3v) is 6.41. The summed E-state index contributed by atoms with van der Waals surface area (Å²) in [6, 6.07) is 11.3. The van der Waals surface area contributed by atoms with Gasteiger partial charge in [0.15, 0.2) is 0 Å². The van der Waals surface area contributed by atoms with Crippen LogP contribution < -0.4 is 4.74 Å². The first-order chi connectivity index (χ1) is 15.0. The van der Waals surface area contributed by atoms with E-state index in [9.17, 15) is 4.79 Å². The molecule has 7 nitrogen and oxygen atoms in total. The molecule has 3 aromatic rings. The summed E-state index contributed by atoms with van der Waals surface area (Å²) in [5, 5.41) is 4.05. The van der Waals surface area contributed by atoms with E-state index in [1.807, 2.05) is 41.3 Å². The van der Waals surface area contributed by atoms with Crippen molar-refractivity contribution in [2.45, 2.75) is 52.1 Å². The SMILES string of the molecule is COc1ccc(-c2noc(CC(=O)N(Cc3ccco3)[C@@H]3CCC[C@H](C)[C@@H]3C)n2)cc1. The first-order valence-corrected chi connectivity index (χ1v) is 10.8. The highest BCUT2D eigenvalue weighted by atomic mass is 16.5. The molecule has 1 aliphatic rings. The minimum absolute atomic E-state index is 0.0210. The van der Waals surface area contributed by atoms with E-state index in [1.165, 1.54) is 6.42 Å². The molecular weight excluding hydrogens is 394 g/mol. The van der Waals surface area contributed by atoms with Crippen LogP contribution in [-0.4, -0.2) is 34.1 Å². The molecule has 1 aromatic carbocycles. The Balaban J connectivity index is 1.51. The smallest absolute Gasteiger partial charge is 0.236 e. The molecule has 0 radical (unpaired) electrons. The Hall–Kier alpha value is -3.09. The quantitative estimate of drug-likeness (QED) is 0.546. The van der Waals surface area contributed by atoms with Crippen molar-refractivity contribution in [3.8, 4) is 17.1 Å². The molecule has 1 aliphatic carbocycles. The number of carbonyl (C=O) groups excluding carboxylic acids is 1. The zero-order valence-corrected chi connectivity index (χ0v) is 18.3. The summed E-state index contributed by atoms with van der Waals surface area (Å²) in [6.07, 6.45) is 5.04. The van der Waals surface area contributed by atoms with Gasteiger partial charge in [0.2, 0.25) is 17.6 Å². The Labute approximate surface area is 182 Å². The molecule has 0 spiro atoms. The van der Waals surface area contributed by atoms with Crippen LogP contribution in [0, 0.1) is 11.8 Å². The second-order valence-electron chi connectivity index (χ2n) is 8.35. The molecular formula is C24H29N3O4. The fourth-order valence-electron chi connectivity index (χ4n) is 4.37. The zero-order chi connectivity index (χ0) is 21.8. The number of carbonyl (C=O) groups is 1. The molecule has 3 atom stereocenters. The summed E-state index contributed by atoms with van der Waals surface area (Å²) in [5.41, 5.74) is 0.811. The first kappa shape index (κ1) is 21.2. The summed E-state index contributed by atoms with van der Waals surface area (Å²) in [7, 11) is 1.62. The zero-order valence-electron chi connectivity index (χ0n) is 18.3. The number of hydrogen-bond acceptors (Lipinski definition) is 6. The predicted molar refractivity (Wildman–Crippen MR) is 115 cm³/mol. The summed E-state index contributed by atoms with van der Waals surface area (Å²) >= 11 is 0. The highest BCUT2D eigenvalue weighted by Crippen LogP contribution is 2.34. The fourth-order valence-corrected chi connectivity index (χ4v) is 4.37. The summed E-state index contributed by atoms with van der Waals surface area (Å²) < 4.78 is 16.1. The third-order valence-electron chi connectivity index (χ3n) is 6.41. The molecule has 1 amide bonds. The Bertz CT molecular complexity index is 981. The summed E-state index contributed by atoms with van der Waals surface area (Å²) in [5.74, 6) is 3.29. The van der Waals surface area contributed by atoms with Crippen LogP contribution in [0.2, 0.25) is 0 Å². The Morgan fingerprint density at radius 3 is 2.71 bits per heavy atom. The van der Waals surface area contributed by atoms with E-state index in [4.69, 9.17) is 13.7 Å². The first-order valence-electron chi connectivity index (χ1n) is 10.8. The van der Waals surface area contributed by atoms with Crippen molar-refractivity contribution in [1.82, 2.24) is 15.0 Å². The average molecular weight is 424 g/mol. The second-order valence-corrected chi connectivity index (χ2v) is 8.35. The highest BCUT2D eigenvalue weighted by Gasteiger charge is 2.35. The van der Waals surface area contributed by atoms with Crippen LogP contribution in [-0.2, 0) is 17.8 Å². The summed E-state index contributed by atoms with van der Waals surface area (Å²) in [4.78, 5) is 19.7. The second kappa shape index (κ2) is 9.37. The molecule has 0 saturated heterocycles. The Kier molecular flexibility index (Phi) is 6.39. The molecule has 1 saturated carbocycles. The highest BCUT2D eigenvalue weighted by molar-refractivity contribution is 5.78. The van der Waals surface area contributed by atoms with E-state index < -0.39 is 0 Å². The van der Waals surface area contributed by atoms with Crippen molar-refractivity contribution >= 4 is 5.91 Å². The van der Waals surface area contributed by atoms with E-state index in [-0.39, 0.29) is 18.4 Å². The van der Waals surface area contributed by atoms with Gasteiger partial charge in [0.25, 0.3) is 0 Å². The van der Waals surface area contributed by atoms with Gasteiger partial charge in [-0.15, -0.1) is 0 Å². The van der Waals surface area contributed by atoms with Gasteiger partial charge < -0.3 is 18.6 Å². The lowest BCUT2D eigenvalue weighted by molar-refractivity contribution is -0.136. The van der Waals surface area contributed by atoms with Gasteiger partial charge >= 0.3 is 0 Å². The standard InChI is InChI=1S/C24H29N3O4/c1-16-6-4-8-21(17(16)2)27(15-20-7-5-13-30-20)23(28)14-22-25-24(26-31-22)18-9-11-19(29-3)12-10-18/h5,7,9-13,16-17,21H,4,6,8,14-15H2,1-3H3/t16-,17-,21+/m0/s1. The van der Waals surface area contributed by atoms with Gasteiger partial charge in [-0.25, -0.2) is 0 Å². The van der Waals surface area contributed by atoms with Crippen molar-refractivity contribution < 1.29 is 18.5 Å². The molecule has 0 N–H and O–H groups in total. The maximum atomic E-state index is 13.4. The normalized spacial score (nSPS) is 21.1. The number of hydrogen-bond donors (Lipinski definition) is 0. The number of furan rings is 1. The van der Waals surface area contributed by atoms with Crippen molar-refractivity contribution in [2.24, 2.45) is 11.8 Å². The monoisotopic (exact) mass is 423 g/mol. The van der Waals surface area contributed by atoms with Gasteiger partial charge in [-0.05, 0) is 54.7 Å². The van der Waals surface area contributed by atoms with Crippen molar-refractivity contribution in [3.05, 3.63) is 54.3 Å². The molecule has 2 heterocycles. The number of rotatable bonds is 7. The van der Waals surface area contributed by atoms with E-state index >= 15 is 0 Å². The van der Waals surface area contributed by atoms with Crippen LogP contribution in [0.5, 0.6) is 5.75 Å². The molecule has 31 heavy (non-hydrogen) atoms. The van der Waals surface area contributed by atoms with Gasteiger partial charge in [-0.2, -0.15) is 4.98 Å². The van der Waals surface area contributed by atoms with E-state index in [0.717, 1.165) is 29.9 Å². The molecule has 7 heteroatoms. The van der Waals surface area contributed by atoms with Gasteiger partial charge in [-0.3, -0.25) is 4.79 Å². The predicted octanol–water partition coefficient (Wildman–Crippen LogP) is 4.73. The van der Waals surface area contributed by atoms with Crippen molar-refractivity contribution in [3.63, 3.8) is 0 Å². The minimum Gasteiger partial charge on any atom is -0.497 e. The number of amides is 1. The Morgan fingerprint density at radius 2 is 2.00 bits per heavy atom. The van der Waals surface area contributed by atoms with Crippen LogP contribution in [0.25, 0.3) is 11.4 Å². The maximum Gasteiger partial charge on any atom is 0.236 e. The molecule has 0 aliphatic heterocycles. The maximum absolute atomic E-state index is 13.4. The van der Waals surface area contributed by atoms with Crippen molar-refractivity contribution in [1.29, 1.82) is 0 Å². The molecule has 0 unspecified atom stereocenters. The van der Waals surface area contributed by atoms with Crippen molar-refractivity contribution in [2.75, 3.05) is 7.11 Å². The van der Waals surface area contributed by atoms with Gasteiger partial charge in [-0.1, -0.05) is 31.8 Å². The average Bonchev–Trinajstić information content (AvgIpc) is 3.46. The van der Waals surface area contributed by atoms with Crippen LogP contribution in [0.4, 0.5) is 0 Å². The molecule has 1 fully saturated rings. The van der Waals surface area contributed by atoms with Gasteiger partial charge in [0, 0.05) is 11.6 Å². The lowest BCUT2D eigenvalue weighted by atomic mass is 9.77. The third kappa shape index (κ3) is 4.81. The Morgan fingerprint density at radius 1 is 1.19 bits per heavy atom. The lowest BCUT2D eigenvalue weighted by Gasteiger charge is -2.41. The summed E-state index contributed by atoms with van der Waals surface area (Å²) in [6.45, 7) is 4.96. The van der Waals surface area contributed by atoms with Crippen LogP contribution >= 0.6 is 0 Å². The number of aromatic nitrogens is 2. The minimum atomic E-state index is -0.0210. The van der Waals surface area contributed by atoms with E-state index in [2.05, 4.69) is 24.0 Å². The molecule has 164 valence electrons.